The Morgan fingerprint density at radius 1 is 0.980 bits per heavy atom. The summed E-state index contributed by atoms with van der Waals surface area (Å²) in [6.45, 7) is 19.4. The molecule has 1 radical (unpaired) electrons. The molecule has 1 fully saturated rings. The van der Waals surface area contributed by atoms with Gasteiger partial charge in [0.15, 0.2) is 11.6 Å². The van der Waals surface area contributed by atoms with Crippen LogP contribution in [0.5, 0.6) is 5.75 Å². The Kier molecular flexibility index (Phi) is 15.3. The molecule has 2 aromatic carbocycles. The third-order valence-corrected chi connectivity index (χ3v) is 13.9. The minimum absolute atomic E-state index is 0.00590. The van der Waals surface area contributed by atoms with Gasteiger partial charge in [0.2, 0.25) is 17.4 Å². The molecule has 2 aliphatic heterocycles. The minimum Gasteiger partial charge on any atom is -0.497 e. The third-order valence-electron chi connectivity index (χ3n) is 10.3. The van der Waals surface area contributed by atoms with Crippen LogP contribution in [0.2, 0.25) is 26.2 Å². The highest BCUT2D eigenvalue weighted by molar-refractivity contribution is 6.78. The summed E-state index contributed by atoms with van der Waals surface area (Å²) in [5.41, 5.74) is 2.32. The lowest BCUT2D eigenvalue weighted by Gasteiger charge is -2.51. The standard InChI is InChI=1S/C41H63O8Si2/c1-12-33(42)40(48-50(8)9)39-29(3)38(46-41(4,5)47-39)28(2)37-26-36(44-7)35(49-51(37,10)11)21-17-16-20-34(31-18-14-13-15-19-31)45-27-30-22-24-32(43-6)25-23-30/h13-15,18-19,22-26,28-29,34-36,38-40H,12,16-17,20-21,27H2,1-11H3/t28-,29+,34-,35-,36+,38-,39-,40-/m0/s1. The molecular weight excluding hydrogens is 677 g/mol. The second-order valence-electron chi connectivity index (χ2n) is 15.3. The minimum atomic E-state index is -2.33. The molecule has 0 saturated carbocycles. The molecule has 0 unspecified atom stereocenters. The maximum Gasteiger partial charge on any atom is 0.214 e. The number of rotatable bonds is 18. The molecule has 10 heteroatoms. The molecule has 8 atom stereocenters. The van der Waals surface area contributed by atoms with Crippen LogP contribution in [0.15, 0.2) is 65.9 Å². The smallest absolute Gasteiger partial charge is 0.214 e. The van der Waals surface area contributed by atoms with E-state index in [9.17, 15) is 4.79 Å². The first kappa shape index (κ1) is 41.6. The Morgan fingerprint density at radius 2 is 1.65 bits per heavy atom. The number of ether oxygens (including phenoxy) is 5. The zero-order valence-corrected chi connectivity index (χ0v) is 34.9. The SMILES string of the molecule is CCC(=O)[C@H](O[Si](C)C)[C@H]1OC(C)(C)O[C@@H]([C@@H](C)C2=C[C@@H](OC)[C@H](CCCC[C@H](OCc3ccc(OC)cc3)c3ccccc3)O[Si]2(C)C)[C@H]1C. The summed E-state index contributed by atoms with van der Waals surface area (Å²) >= 11 is 0. The van der Waals surface area contributed by atoms with E-state index in [0.717, 1.165) is 37.0 Å². The summed E-state index contributed by atoms with van der Waals surface area (Å²) in [5.74, 6) is 0.0461. The predicted octanol–water partition coefficient (Wildman–Crippen LogP) is 9.01. The molecule has 2 aliphatic rings. The number of ketones is 1. The van der Waals surface area contributed by atoms with Crippen LogP contribution < -0.4 is 4.74 Å². The quantitative estimate of drug-likeness (QED) is 0.111. The lowest BCUT2D eigenvalue weighted by Crippen LogP contribution is -2.60. The Bertz CT molecular complexity index is 1400. The van der Waals surface area contributed by atoms with Gasteiger partial charge in [0.1, 0.15) is 18.0 Å². The zero-order valence-electron chi connectivity index (χ0n) is 32.9. The highest BCUT2D eigenvalue weighted by atomic mass is 28.4. The van der Waals surface area contributed by atoms with Crippen molar-refractivity contribution in [3.05, 3.63) is 77.0 Å². The maximum absolute atomic E-state index is 13.2. The lowest BCUT2D eigenvalue weighted by atomic mass is 9.83. The maximum atomic E-state index is 13.2. The van der Waals surface area contributed by atoms with Crippen LogP contribution in [-0.2, 0) is 39.2 Å². The monoisotopic (exact) mass is 739 g/mol. The molecule has 51 heavy (non-hydrogen) atoms. The fourth-order valence-corrected chi connectivity index (χ4v) is 11.4. The first-order valence-corrected chi connectivity index (χ1v) is 24.1. The van der Waals surface area contributed by atoms with E-state index in [2.05, 4.69) is 82.5 Å². The molecular formula is C41H63O8Si2. The summed E-state index contributed by atoms with van der Waals surface area (Å²) in [4.78, 5) is 13.2. The van der Waals surface area contributed by atoms with Crippen LogP contribution in [-0.4, -0.2) is 73.7 Å². The van der Waals surface area contributed by atoms with Gasteiger partial charge < -0.3 is 32.5 Å². The molecule has 8 nitrogen and oxygen atoms in total. The van der Waals surface area contributed by atoms with Crippen molar-refractivity contribution in [2.75, 3.05) is 14.2 Å². The highest BCUT2D eigenvalue weighted by Crippen LogP contribution is 2.43. The predicted molar refractivity (Wildman–Crippen MR) is 206 cm³/mol. The Labute approximate surface area is 310 Å². The first-order chi connectivity index (χ1) is 24.2. The van der Waals surface area contributed by atoms with E-state index in [0.29, 0.717) is 13.0 Å². The molecule has 2 aromatic rings. The van der Waals surface area contributed by atoms with Crippen LogP contribution in [0.25, 0.3) is 0 Å². The van der Waals surface area contributed by atoms with Crippen LogP contribution in [0.3, 0.4) is 0 Å². The van der Waals surface area contributed by atoms with Crippen molar-refractivity contribution in [3.8, 4) is 5.75 Å². The van der Waals surface area contributed by atoms with Gasteiger partial charge in [-0.25, -0.2) is 0 Å². The van der Waals surface area contributed by atoms with Gasteiger partial charge in [0, 0.05) is 25.4 Å². The fourth-order valence-electron chi connectivity index (χ4n) is 7.68. The summed E-state index contributed by atoms with van der Waals surface area (Å²) < 4.78 is 44.4. The second kappa shape index (κ2) is 18.7. The summed E-state index contributed by atoms with van der Waals surface area (Å²) in [6, 6.07) is 18.6. The molecule has 283 valence electrons. The summed E-state index contributed by atoms with van der Waals surface area (Å²) in [5, 5.41) is 1.28. The summed E-state index contributed by atoms with van der Waals surface area (Å²) in [7, 11) is 0.00258. The van der Waals surface area contributed by atoms with E-state index in [1.54, 1.807) is 14.2 Å². The fraction of sp³-hybridized carbons (Fsp3) is 0.634. The van der Waals surface area contributed by atoms with Crippen molar-refractivity contribution >= 4 is 23.1 Å². The largest absolute Gasteiger partial charge is 0.497 e. The van der Waals surface area contributed by atoms with E-state index >= 15 is 0 Å². The van der Waals surface area contributed by atoms with Gasteiger partial charge in [-0.1, -0.05) is 87.3 Å². The van der Waals surface area contributed by atoms with Gasteiger partial charge >= 0.3 is 0 Å². The second-order valence-corrected chi connectivity index (χ2v) is 21.2. The van der Waals surface area contributed by atoms with Crippen molar-refractivity contribution < 1.29 is 37.3 Å². The molecule has 0 bridgehead atoms. The van der Waals surface area contributed by atoms with Gasteiger partial charge in [-0.05, 0) is 76.1 Å². The lowest BCUT2D eigenvalue weighted by molar-refractivity contribution is -0.333. The number of hydrogen-bond acceptors (Lipinski definition) is 8. The number of benzene rings is 2. The van der Waals surface area contributed by atoms with Crippen molar-refractivity contribution in [2.45, 2.75) is 142 Å². The molecule has 0 amide bonds. The van der Waals surface area contributed by atoms with E-state index in [1.165, 1.54) is 10.8 Å². The molecule has 1 saturated heterocycles. The van der Waals surface area contributed by atoms with E-state index in [1.807, 2.05) is 39.0 Å². The number of carbonyl (C=O) groups is 1. The van der Waals surface area contributed by atoms with E-state index < -0.39 is 35.4 Å². The number of carbonyl (C=O) groups excluding carboxylic acids is 1. The molecule has 0 aliphatic carbocycles. The normalized spacial score (nSPS) is 26.3. The van der Waals surface area contributed by atoms with E-state index in [-0.39, 0.29) is 42.0 Å². The Hall–Kier alpha value is -2.16. The Morgan fingerprint density at radius 3 is 2.25 bits per heavy atom. The number of hydrogen-bond donors (Lipinski definition) is 0. The molecule has 2 heterocycles. The molecule has 0 spiro atoms. The number of methoxy groups -OCH3 is 2. The van der Waals surface area contributed by atoms with Gasteiger partial charge in [-0.2, -0.15) is 0 Å². The third kappa shape index (κ3) is 11.2. The molecule has 0 N–H and O–H groups in total. The average molecular weight is 740 g/mol. The average Bonchev–Trinajstić information content (AvgIpc) is 3.10. The molecule has 0 aromatic heterocycles. The van der Waals surface area contributed by atoms with Crippen molar-refractivity contribution in [1.29, 1.82) is 0 Å². The van der Waals surface area contributed by atoms with Crippen molar-refractivity contribution in [1.82, 2.24) is 0 Å². The van der Waals surface area contributed by atoms with Gasteiger partial charge in [0.25, 0.3) is 0 Å². The van der Waals surface area contributed by atoms with Crippen LogP contribution >= 0.6 is 0 Å². The van der Waals surface area contributed by atoms with Crippen molar-refractivity contribution in [2.24, 2.45) is 11.8 Å². The summed E-state index contributed by atoms with van der Waals surface area (Å²) in [6.07, 6.45) is 5.24. The Balaban J connectivity index is 1.43. The zero-order chi connectivity index (χ0) is 37.3. The van der Waals surface area contributed by atoms with Crippen LogP contribution in [0.1, 0.15) is 84.0 Å². The molecule has 4 rings (SSSR count). The number of Topliss-reactive ketones (excluding diaryl/α,β-unsaturated/α-hetero) is 1. The van der Waals surface area contributed by atoms with Crippen molar-refractivity contribution in [3.63, 3.8) is 0 Å². The van der Waals surface area contributed by atoms with Crippen LogP contribution in [0, 0.1) is 11.8 Å². The van der Waals surface area contributed by atoms with Crippen LogP contribution in [0.4, 0.5) is 0 Å². The van der Waals surface area contributed by atoms with E-state index in [4.69, 9.17) is 32.5 Å². The first-order valence-electron chi connectivity index (χ1n) is 18.8. The topological polar surface area (TPSA) is 81.7 Å². The van der Waals surface area contributed by atoms with Gasteiger partial charge in [-0.3, -0.25) is 4.79 Å². The van der Waals surface area contributed by atoms with Gasteiger partial charge in [-0.15, -0.1) is 0 Å². The highest BCUT2D eigenvalue weighted by Gasteiger charge is 2.51. The van der Waals surface area contributed by atoms with Gasteiger partial charge in [0.05, 0.1) is 38.1 Å². The number of unbranched alkanes of at least 4 members (excludes halogenated alkanes) is 1.